The average molecular weight is 523 g/mol. The van der Waals surface area contributed by atoms with Crippen LogP contribution in [0.15, 0.2) is 19.4 Å². The van der Waals surface area contributed by atoms with Gasteiger partial charge >= 0.3 is 0 Å². The van der Waals surface area contributed by atoms with Crippen LogP contribution in [-0.2, 0) is 16.4 Å². The fourth-order valence-electron chi connectivity index (χ4n) is 3.68. The Labute approximate surface area is 182 Å². The van der Waals surface area contributed by atoms with E-state index in [2.05, 4.69) is 43.4 Å². The van der Waals surface area contributed by atoms with Crippen LogP contribution < -0.4 is 0 Å². The Morgan fingerprint density at radius 3 is 1.81 bits per heavy atom. The van der Waals surface area contributed by atoms with E-state index in [-0.39, 0.29) is 3.81 Å². The van der Waals surface area contributed by atoms with Crippen molar-refractivity contribution in [2.45, 2.75) is 102 Å². The Morgan fingerprint density at radius 2 is 1.30 bits per heavy atom. The predicted octanol–water partition coefficient (Wildman–Crippen LogP) is 7.82. The first-order valence-electron chi connectivity index (χ1n) is 10.5. The second kappa shape index (κ2) is 11.8. The lowest BCUT2D eigenvalue weighted by molar-refractivity contribution is 0.524. The summed E-state index contributed by atoms with van der Waals surface area (Å²) >= 11 is 6.67. The highest BCUT2D eigenvalue weighted by Crippen LogP contribution is 2.39. The zero-order chi connectivity index (χ0) is 19.7. The molecule has 1 aliphatic heterocycles. The van der Waals surface area contributed by atoms with Gasteiger partial charge in [-0.15, -0.1) is 0 Å². The van der Waals surface area contributed by atoms with E-state index < -0.39 is 9.84 Å². The van der Waals surface area contributed by atoms with E-state index in [9.17, 15) is 8.42 Å². The summed E-state index contributed by atoms with van der Waals surface area (Å²) in [6.07, 6.45) is 19.1. The maximum Gasteiger partial charge on any atom is 0.215 e. The first kappa shape index (κ1) is 23.2. The molecule has 0 aromatic carbocycles. The zero-order valence-corrected chi connectivity index (χ0v) is 20.5. The summed E-state index contributed by atoms with van der Waals surface area (Å²) in [5.74, 6) is 0. The van der Waals surface area contributed by atoms with Gasteiger partial charge in [0.15, 0.2) is 0 Å². The van der Waals surface area contributed by atoms with E-state index in [0.717, 1.165) is 23.3 Å². The van der Waals surface area contributed by atoms with Gasteiger partial charge in [-0.2, -0.15) is 0 Å². The van der Waals surface area contributed by atoms with Gasteiger partial charge < -0.3 is 4.57 Å². The number of halogens is 2. The van der Waals surface area contributed by atoms with Crippen molar-refractivity contribution in [1.82, 2.24) is 4.57 Å². The molecule has 0 amide bonds. The standard InChI is InChI=1S/C21H33Br2NO2S/c1-2-3-4-5-6-7-8-9-10-11-12-13-14-15-24-18-16-21(23)27(25,26)19(18)17-20(24)22/h16-17H,2-15H2,1H3. The molecule has 0 saturated heterocycles. The van der Waals surface area contributed by atoms with Gasteiger partial charge in [0.05, 0.1) is 15.2 Å². The molecule has 0 bridgehead atoms. The van der Waals surface area contributed by atoms with E-state index in [0.29, 0.717) is 4.90 Å². The third-order valence-electron chi connectivity index (χ3n) is 5.33. The highest BCUT2D eigenvalue weighted by atomic mass is 79.9. The fraction of sp³-hybridized carbons (Fsp3) is 0.714. The van der Waals surface area contributed by atoms with Crippen molar-refractivity contribution in [3.8, 4) is 0 Å². The summed E-state index contributed by atoms with van der Waals surface area (Å²) in [5.41, 5.74) is 0.799. The van der Waals surface area contributed by atoms with E-state index >= 15 is 0 Å². The van der Waals surface area contributed by atoms with Crippen molar-refractivity contribution in [2.24, 2.45) is 0 Å². The van der Waals surface area contributed by atoms with Gasteiger partial charge in [0, 0.05) is 6.54 Å². The summed E-state index contributed by atoms with van der Waals surface area (Å²) in [6.45, 7) is 3.13. The molecule has 0 saturated carbocycles. The molecule has 0 spiro atoms. The quantitative estimate of drug-likeness (QED) is 0.233. The van der Waals surface area contributed by atoms with Gasteiger partial charge in [-0.3, -0.25) is 0 Å². The van der Waals surface area contributed by atoms with Crippen LogP contribution in [0.2, 0.25) is 0 Å². The summed E-state index contributed by atoms with van der Waals surface area (Å²) in [4.78, 5) is 0.413. The molecule has 1 aliphatic rings. The second-order valence-corrected chi connectivity index (χ2v) is 11.6. The van der Waals surface area contributed by atoms with Gasteiger partial charge in [0.25, 0.3) is 0 Å². The number of fused-ring (bicyclic) bond motifs is 1. The Bertz CT molecular complexity index is 723. The lowest BCUT2D eigenvalue weighted by Gasteiger charge is -2.08. The number of sulfone groups is 1. The minimum absolute atomic E-state index is 0.270. The minimum atomic E-state index is -3.32. The zero-order valence-electron chi connectivity index (χ0n) is 16.5. The SMILES string of the molecule is CCCCCCCCCCCCCCCn1c(Br)cc2c1C=C(Br)S2(=O)=O. The number of hydrogen-bond donors (Lipinski definition) is 0. The fourth-order valence-corrected chi connectivity index (χ4v) is 6.35. The molecule has 1 aromatic rings. The Hall–Kier alpha value is -0.0700. The maximum atomic E-state index is 12.2. The van der Waals surface area contributed by atoms with Crippen LogP contribution in [0.5, 0.6) is 0 Å². The number of unbranched alkanes of at least 4 members (excludes halogenated alkanes) is 12. The van der Waals surface area contributed by atoms with Crippen molar-refractivity contribution in [3.05, 3.63) is 20.2 Å². The average Bonchev–Trinajstić information content (AvgIpc) is 3.05. The third kappa shape index (κ3) is 6.74. The van der Waals surface area contributed by atoms with Crippen LogP contribution in [0.3, 0.4) is 0 Å². The molecule has 2 rings (SSSR count). The van der Waals surface area contributed by atoms with Crippen LogP contribution in [0.4, 0.5) is 0 Å². The smallest absolute Gasteiger partial charge is 0.215 e. The highest BCUT2D eigenvalue weighted by molar-refractivity contribution is 9.13. The van der Waals surface area contributed by atoms with E-state index in [1.807, 2.05) is 0 Å². The van der Waals surface area contributed by atoms with Crippen molar-refractivity contribution >= 4 is 47.8 Å². The first-order valence-corrected chi connectivity index (χ1v) is 13.6. The van der Waals surface area contributed by atoms with Gasteiger partial charge in [-0.1, -0.05) is 84.0 Å². The molecule has 3 nitrogen and oxygen atoms in total. The molecule has 0 aliphatic carbocycles. The molecule has 0 N–H and O–H groups in total. The Balaban J connectivity index is 1.55. The molecule has 6 heteroatoms. The van der Waals surface area contributed by atoms with Crippen LogP contribution in [-0.4, -0.2) is 13.0 Å². The number of hydrogen-bond acceptors (Lipinski definition) is 2. The largest absolute Gasteiger partial charge is 0.335 e. The van der Waals surface area contributed by atoms with Gasteiger partial charge in [-0.25, -0.2) is 8.42 Å². The normalized spacial score (nSPS) is 15.1. The summed E-state index contributed by atoms with van der Waals surface area (Å²) < 4.78 is 27.6. The molecule has 154 valence electrons. The molecule has 27 heavy (non-hydrogen) atoms. The van der Waals surface area contributed by atoms with Gasteiger partial charge in [0.1, 0.15) is 3.81 Å². The summed E-state index contributed by atoms with van der Waals surface area (Å²) in [7, 11) is -3.32. The first-order chi connectivity index (χ1) is 13.0. The van der Waals surface area contributed by atoms with Crippen LogP contribution in [0, 0.1) is 0 Å². The lowest BCUT2D eigenvalue weighted by atomic mass is 10.0. The van der Waals surface area contributed by atoms with Crippen molar-refractivity contribution in [2.75, 3.05) is 0 Å². The Kier molecular flexibility index (Phi) is 10.2. The van der Waals surface area contributed by atoms with Crippen LogP contribution in [0.25, 0.3) is 6.08 Å². The predicted molar refractivity (Wildman–Crippen MR) is 122 cm³/mol. The maximum absolute atomic E-state index is 12.2. The Morgan fingerprint density at radius 1 is 0.815 bits per heavy atom. The molecular weight excluding hydrogens is 490 g/mol. The molecule has 0 radical (unpaired) electrons. The van der Waals surface area contributed by atoms with Crippen molar-refractivity contribution in [3.63, 3.8) is 0 Å². The lowest BCUT2D eigenvalue weighted by Crippen LogP contribution is -2.01. The van der Waals surface area contributed by atoms with Crippen LogP contribution in [0.1, 0.15) is 96.1 Å². The molecule has 2 heterocycles. The summed E-state index contributed by atoms with van der Waals surface area (Å²) in [5, 5.41) is 0. The topological polar surface area (TPSA) is 39.1 Å². The van der Waals surface area contributed by atoms with Gasteiger partial charge in [-0.05, 0) is 50.4 Å². The van der Waals surface area contributed by atoms with E-state index in [4.69, 9.17) is 0 Å². The van der Waals surface area contributed by atoms with Crippen molar-refractivity contribution in [1.29, 1.82) is 0 Å². The molecule has 0 unspecified atom stereocenters. The second-order valence-electron chi connectivity index (χ2n) is 7.56. The third-order valence-corrected chi connectivity index (χ3v) is 9.03. The molecule has 0 atom stereocenters. The molecule has 1 aromatic heterocycles. The van der Waals surface area contributed by atoms with E-state index in [1.165, 1.54) is 77.0 Å². The summed E-state index contributed by atoms with van der Waals surface area (Å²) in [6, 6.07) is 1.72. The van der Waals surface area contributed by atoms with Gasteiger partial charge in [0.2, 0.25) is 9.84 Å². The number of aromatic nitrogens is 1. The monoisotopic (exact) mass is 521 g/mol. The number of nitrogens with zero attached hydrogens (tertiary/aromatic N) is 1. The van der Waals surface area contributed by atoms with Crippen molar-refractivity contribution < 1.29 is 8.42 Å². The van der Waals surface area contributed by atoms with Crippen LogP contribution >= 0.6 is 31.9 Å². The highest BCUT2D eigenvalue weighted by Gasteiger charge is 2.32. The van der Waals surface area contributed by atoms with E-state index in [1.54, 1.807) is 12.1 Å². The molecule has 0 fully saturated rings. The minimum Gasteiger partial charge on any atom is -0.335 e. The molecular formula is C21H33Br2NO2S. The number of rotatable bonds is 14.